The van der Waals surface area contributed by atoms with Crippen LogP contribution in [0.5, 0.6) is 5.75 Å². The molecule has 0 aliphatic rings. The predicted octanol–water partition coefficient (Wildman–Crippen LogP) is 5.91. The Morgan fingerprint density at radius 3 is 2.07 bits per heavy atom. The lowest BCUT2D eigenvalue weighted by Crippen LogP contribution is -2.03. The van der Waals surface area contributed by atoms with Crippen LogP contribution in [0.15, 0.2) is 84.9 Å². The van der Waals surface area contributed by atoms with E-state index < -0.39 is 0 Å². The first-order chi connectivity index (χ1) is 13.7. The molecule has 28 heavy (non-hydrogen) atoms. The van der Waals surface area contributed by atoms with E-state index in [9.17, 15) is 4.79 Å². The molecule has 0 atom stereocenters. The number of carbonyl (C=O) groups excluding carboxylic acids is 1. The lowest BCUT2D eigenvalue weighted by molar-refractivity contribution is 0.0993. The minimum Gasteiger partial charge on any atom is -0.497 e. The number of carbonyl (C=O) groups is 1. The molecular formula is C24H19NO2S. The largest absolute Gasteiger partial charge is 0.497 e. The van der Waals surface area contributed by atoms with E-state index in [4.69, 9.17) is 9.72 Å². The van der Waals surface area contributed by atoms with Crippen molar-refractivity contribution in [3.63, 3.8) is 0 Å². The van der Waals surface area contributed by atoms with Gasteiger partial charge in [0.2, 0.25) is 0 Å². The Balaban J connectivity index is 1.68. The maximum absolute atomic E-state index is 12.7. The van der Waals surface area contributed by atoms with Gasteiger partial charge >= 0.3 is 0 Å². The van der Waals surface area contributed by atoms with E-state index in [2.05, 4.69) is 24.3 Å². The van der Waals surface area contributed by atoms with Crippen molar-refractivity contribution in [3.8, 4) is 27.4 Å². The standard InChI is InChI=1S/C24H19NO2S/c1-27-20-14-12-17(13-15-20)21(26)16-22-25-23(18-8-4-2-5-9-18)24(28-22)19-10-6-3-7-11-19/h2-15H,16H2,1H3. The van der Waals surface area contributed by atoms with Crippen molar-refractivity contribution in [2.45, 2.75) is 6.42 Å². The smallest absolute Gasteiger partial charge is 0.169 e. The topological polar surface area (TPSA) is 39.2 Å². The Hall–Kier alpha value is -3.24. The van der Waals surface area contributed by atoms with E-state index >= 15 is 0 Å². The molecule has 1 aromatic heterocycles. The minimum absolute atomic E-state index is 0.0515. The highest BCUT2D eigenvalue weighted by Gasteiger charge is 2.17. The fourth-order valence-electron chi connectivity index (χ4n) is 3.03. The Morgan fingerprint density at radius 2 is 1.46 bits per heavy atom. The molecule has 0 unspecified atom stereocenters. The van der Waals surface area contributed by atoms with Gasteiger partial charge in [-0.3, -0.25) is 4.79 Å². The molecule has 0 bridgehead atoms. The number of benzene rings is 3. The maximum Gasteiger partial charge on any atom is 0.169 e. The van der Waals surface area contributed by atoms with Crippen molar-refractivity contribution in [1.29, 1.82) is 0 Å². The van der Waals surface area contributed by atoms with Crippen LogP contribution in [0.1, 0.15) is 15.4 Å². The van der Waals surface area contributed by atoms with Gasteiger partial charge in [-0.2, -0.15) is 0 Å². The molecular weight excluding hydrogens is 366 g/mol. The molecule has 0 aliphatic heterocycles. The normalized spacial score (nSPS) is 10.6. The van der Waals surface area contributed by atoms with E-state index in [1.165, 1.54) is 0 Å². The SMILES string of the molecule is COc1ccc(C(=O)Cc2nc(-c3ccccc3)c(-c3ccccc3)s2)cc1. The van der Waals surface area contributed by atoms with Gasteiger partial charge in [0.1, 0.15) is 10.8 Å². The van der Waals surface area contributed by atoms with Gasteiger partial charge in [0.25, 0.3) is 0 Å². The first-order valence-corrected chi connectivity index (χ1v) is 9.84. The highest BCUT2D eigenvalue weighted by atomic mass is 32.1. The summed E-state index contributed by atoms with van der Waals surface area (Å²) in [6.07, 6.45) is 0.281. The molecule has 138 valence electrons. The molecule has 4 heteroatoms. The molecule has 3 nitrogen and oxygen atoms in total. The van der Waals surface area contributed by atoms with E-state index in [0.29, 0.717) is 5.56 Å². The van der Waals surface area contributed by atoms with Gasteiger partial charge in [-0.15, -0.1) is 11.3 Å². The summed E-state index contributed by atoms with van der Waals surface area (Å²) in [5.74, 6) is 0.791. The number of ketones is 1. The average Bonchev–Trinajstić information content (AvgIpc) is 3.19. The highest BCUT2D eigenvalue weighted by molar-refractivity contribution is 7.15. The third kappa shape index (κ3) is 3.87. The maximum atomic E-state index is 12.7. The summed E-state index contributed by atoms with van der Waals surface area (Å²) in [4.78, 5) is 18.6. The second-order valence-corrected chi connectivity index (χ2v) is 7.43. The molecule has 0 fully saturated rings. The number of rotatable bonds is 6. The molecule has 0 spiro atoms. The molecule has 0 saturated carbocycles. The van der Waals surface area contributed by atoms with E-state index in [1.807, 2.05) is 36.4 Å². The number of Topliss-reactive ketones (excluding diaryl/α,β-unsaturated/α-hetero) is 1. The molecule has 1 heterocycles. The van der Waals surface area contributed by atoms with Gasteiger partial charge in [0.15, 0.2) is 5.78 Å². The van der Waals surface area contributed by atoms with Crippen LogP contribution in [0.4, 0.5) is 0 Å². The predicted molar refractivity (Wildman–Crippen MR) is 114 cm³/mol. The van der Waals surface area contributed by atoms with Crippen LogP contribution in [0.25, 0.3) is 21.7 Å². The summed E-state index contributed by atoms with van der Waals surface area (Å²) in [6.45, 7) is 0. The lowest BCUT2D eigenvalue weighted by Gasteiger charge is -2.02. The van der Waals surface area contributed by atoms with E-state index in [0.717, 1.165) is 32.5 Å². The fraction of sp³-hybridized carbons (Fsp3) is 0.0833. The van der Waals surface area contributed by atoms with Gasteiger partial charge in [-0.05, 0) is 29.8 Å². The van der Waals surface area contributed by atoms with Gasteiger partial charge in [0.05, 0.1) is 24.1 Å². The van der Waals surface area contributed by atoms with Gasteiger partial charge in [-0.1, -0.05) is 60.7 Å². The van der Waals surface area contributed by atoms with Gasteiger partial charge in [-0.25, -0.2) is 4.98 Å². The van der Waals surface area contributed by atoms with Crippen molar-refractivity contribution < 1.29 is 9.53 Å². The van der Waals surface area contributed by atoms with Crippen LogP contribution in [-0.2, 0) is 6.42 Å². The third-order valence-electron chi connectivity index (χ3n) is 4.48. The lowest BCUT2D eigenvalue weighted by atomic mass is 10.1. The van der Waals surface area contributed by atoms with Crippen LogP contribution in [-0.4, -0.2) is 17.9 Å². The van der Waals surface area contributed by atoms with Crippen LogP contribution in [0.3, 0.4) is 0 Å². The second-order valence-electron chi connectivity index (χ2n) is 6.35. The molecule has 0 N–H and O–H groups in total. The van der Waals surface area contributed by atoms with Crippen molar-refractivity contribution >= 4 is 17.1 Å². The Morgan fingerprint density at radius 1 is 0.857 bits per heavy atom. The second kappa shape index (κ2) is 8.19. The molecule has 0 aliphatic carbocycles. The summed E-state index contributed by atoms with van der Waals surface area (Å²) in [5.41, 5.74) is 3.76. The number of aromatic nitrogens is 1. The number of thiazole rings is 1. The zero-order chi connectivity index (χ0) is 19.3. The van der Waals surface area contributed by atoms with Crippen molar-refractivity contribution in [2.24, 2.45) is 0 Å². The zero-order valence-electron chi connectivity index (χ0n) is 15.5. The Bertz CT molecular complexity index is 1010. The van der Waals surface area contributed by atoms with Crippen molar-refractivity contribution in [1.82, 2.24) is 4.98 Å². The molecule has 0 saturated heterocycles. The zero-order valence-corrected chi connectivity index (χ0v) is 16.3. The average molecular weight is 385 g/mol. The Labute approximate surface area is 168 Å². The van der Waals surface area contributed by atoms with Gasteiger partial charge in [0, 0.05) is 11.1 Å². The number of ether oxygens (including phenoxy) is 1. The van der Waals surface area contributed by atoms with Gasteiger partial charge < -0.3 is 4.74 Å². The van der Waals surface area contributed by atoms with Crippen LogP contribution in [0, 0.1) is 0 Å². The fourth-order valence-corrected chi connectivity index (χ4v) is 4.12. The van der Waals surface area contributed by atoms with Crippen LogP contribution >= 0.6 is 11.3 Å². The Kier molecular flexibility index (Phi) is 5.31. The molecule has 4 rings (SSSR count). The van der Waals surface area contributed by atoms with Crippen LogP contribution < -0.4 is 4.74 Å². The van der Waals surface area contributed by atoms with E-state index in [-0.39, 0.29) is 12.2 Å². The summed E-state index contributed by atoms with van der Waals surface area (Å²) < 4.78 is 5.16. The number of methoxy groups -OCH3 is 1. The molecule has 0 amide bonds. The van der Waals surface area contributed by atoms with Crippen LogP contribution in [0.2, 0.25) is 0 Å². The number of hydrogen-bond acceptors (Lipinski definition) is 4. The van der Waals surface area contributed by atoms with Crippen molar-refractivity contribution in [2.75, 3.05) is 7.11 Å². The minimum atomic E-state index is 0.0515. The summed E-state index contributed by atoms with van der Waals surface area (Å²) in [7, 11) is 1.61. The number of hydrogen-bond donors (Lipinski definition) is 0. The molecule has 4 aromatic rings. The summed E-state index contributed by atoms with van der Waals surface area (Å²) >= 11 is 1.58. The van der Waals surface area contributed by atoms with Crippen molar-refractivity contribution in [3.05, 3.63) is 95.5 Å². The third-order valence-corrected chi connectivity index (χ3v) is 5.58. The highest BCUT2D eigenvalue weighted by Crippen LogP contribution is 2.37. The molecule has 0 radical (unpaired) electrons. The monoisotopic (exact) mass is 385 g/mol. The first-order valence-electron chi connectivity index (χ1n) is 9.02. The first kappa shape index (κ1) is 18.1. The number of nitrogens with zero attached hydrogens (tertiary/aromatic N) is 1. The quantitative estimate of drug-likeness (QED) is 0.387. The summed E-state index contributed by atoms with van der Waals surface area (Å²) in [6, 6.07) is 27.5. The molecule has 3 aromatic carbocycles. The van der Waals surface area contributed by atoms with E-state index in [1.54, 1.807) is 42.7 Å². The summed E-state index contributed by atoms with van der Waals surface area (Å²) in [5, 5.41) is 0.818.